The lowest BCUT2D eigenvalue weighted by molar-refractivity contribution is 0.161. The number of halogens is 1. The molecule has 1 aromatic rings. The van der Waals surface area contributed by atoms with Crippen molar-refractivity contribution >= 4 is 35.8 Å². The first-order chi connectivity index (χ1) is 15.1. The summed E-state index contributed by atoms with van der Waals surface area (Å²) in [6.45, 7) is 13.1. The Morgan fingerprint density at radius 3 is 2.25 bits per heavy atom. The summed E-state index contributed by atoms with van der Waals surface area (Å²) in [6, 6.07) is 4.86. The van der Waals surface area contributed by atoms with Crippen LogP contribution in [0.25, 0.3) is 0 Å². The van der Waals surface area contributed by atoms with Gasteiger partial charge in [-0.25, -0.2) is 4.98 Å². The molecule has 1 aromatic heterocycles. The molecule has 0 aromatic carbocycles. The molecule has 3 heterocycles. The summed E-state index contributed by atoms with van der Waals surface area (Å²) in [4.78, 5) is 16.6. The largest absolute Gasteiger partial charge is 0.355 e. The van der Waals surface area contributed by atoms with Gasteiger partial charge in [-0.2, -0.15) is 0 Å². The van der Waals surface area contributed by atoms with Crippen LogP contribution in [0.4, 0.5) is 5.82 Å². The Labute approximate surface area is 212 Å². The number of likely N-dealkylation sites (N-methyl/N-ethyl adjacent to an activating group) is 1. The van der Waals surface area contributed by atoms with E-state index in [0.29, 0.717) is 12.0 Å². The maximum Gasteiger partial charge on any atom is 0.191 e. The van der Waals surface area contributed by atoms with Crippen molar-refractivity contribution in [3.05, 3.63) is 23.9 Å². The van der Waals surface area contributed by atoms with Crippen LogP contribution in [0.3, 0.4) is 0 Å². The van der Waals surface area contributed by atoms with E-state index in [2.05, 4.69) is 63.4 Å². The molecule has 2 aliphatic rings. The van der Waals surface area contributed by atoms with Gasteiger partial charge in [0.05, 0.1) is 0 Å². The number of hydrogen-bond acceptors (Lipinski definition) is 5. The van der Waals surface area contributed by atoms with E-state index in [1.54, 1.807) is 0 Å². The predicted octanol–water partition coefficient (Wildman–Crippen LogP) is 3.02. The van der Waals surface area contributed by atoms with Gasteiger partial charge in [0.2, 0.25) is 0 Å². The second-order valence-corrected chi connectivity index (χ2v) is 9.38. The van der Waals surface area contributed by atoms with Crippen molar-refractivity contribution in [2.45, 2.75) is 52.1 Å². The van der Waals surface area contributed by atoms with Crippen molar-refractivity contribution in [2.75, 3.05) is 64.8 Å². The van der Waals surface area contributed by atoms with Gasteiger partial charge >= 0.3 is 0 Å². The maximum atomic E-state index is 4.70. The summed E-state index contributed by atoms with van der Waals surface area (Å²) in [5.74, 6) is 2.57. The highest BCUT2D eigenvalue weighted by Crippen LogP contribution is 2.17. The third-order valence-electron chi connectivity index (χ3n) is 6.68. The molecule has 0 aliphatic carbocycles. The lowest BCUT2D eigenvalue weighted by atomic mass is 10.0. The highest BCUT2D eigenvalue weighted by atomic mass is 127. The number of aromatic nitrogens is 1. The monoisotopic (exact) mass is 557 g/mol. The minimum Gasteiger partial charge on any atom is -0.355 e. The molecule has 3 rings (SSSR count). The number of pyridine rings is 1. The van der Waals surface area contributed by atoms with Gasteiger partial charge in [-0.1, -0.05) is 32.8 Å². The molecule has 2 saturated heterocycles. The third-order valence-corrected chi connectivity index (χ3v) is 6.68. The highest BCUT2D eigenvalue weighted by molar-refractivity contribution is 14.0. The van der Waals surface area contributed by atoms with Gasteiger partial charge in [0.1, 0.15) is 5.82 Å². The number of piperazine rings is 1. The van der Waals surface area contributed by atoms with Gasteiger partial charge in [0, 0.05) is 58.6 Å². The Kier molecular flexibility index (Phi) is 12.0. The molecule has 2 aliphatic heterocycles. The molecule has 0 radical (unpaired) electrons. The summed E-state index contributed by atoms with van der Waals surface area (Å²) < 4.78 is 0. The van der Waals surface area contributed by atoms with E-state index < -0.39 is 0 Å². The molecule has 0 bridgehead atoms. The van der Waals surface area contributed by atoms with Crippen LogP contribution in [-0.4, -0.2) is 86.7 Å². The fraction of sp³-hybridized carbons (Fsp3) is 0.750. The van der Waals surface area contributed by atoms with Crippen molar-refractivity contribution in [2.24, 2.45) is 10.9 Å². The zero-order valence-electron chi connectivity index (χ0n) is 20.5. The standard InChI is InChI=1S/C24H43N7.HI/c1-20(2)22(30-11-7-5-6-8-12-30)19-28-24(25-3)27-18-21-9-10-23(26-17-21)31-15-13-29(4)14-16-31;/h9-10,17,20,22H,5-8,11-16,18-19H2,1-4H3,(H2,25,27,28);1H. The fourth-order valence-electron chi connectivity index (χ4n) is 4.56. The van der Waals surface area contributed by atoms with Crippen LogP contribution in [0.15, 0.2) is 23.3 Å². The average Bonchev–Trinajstić information content (AvgIpc) is 3.06. The van der Waals surface area contributed by atoms with Crippen molar-refractivity contribution in [1.29, 1.82) is 0 Å². The van der Waals surface area contributed by atoms with E-state index in [0.717, 1.165) is 51.0 Å². The maximum absolute atomic E-state index is 4.70. The van der Waals surface area contributed by atoms with E-state index in [9.17, 15) is 0 Å². The zero-order valence-corrected chi connectivity index (χ0v) is 22.8. The van der Waals surface area contributed by atoms with E-state index in [-0.39, 0.29) is 24.0 Å². The molecule has 1 atom stereocenters. The molecule has 0 saturated carbocycles. The van der Waals surface area contributed by atoms with Gasteiger partial charge in [-0.15, -0.1) is 24.0 Å². The number of rotatable bonds is 7. The molecule has 0 spiro atoms. The van der Waals surface area contributed by atoms with Crippen LogP contribution in [0.1, 0.15) is 45.1 Å². The van der Waals surface area contributed by atoms with Crippen LogP contribution >= 0.6 is 24.0 Å². The molecule has 2 fully saturated rings. The molecule has 182 valence electrons. The van der Waals surface area contributed by atoms with Crippen molar-refractivity contribution in [3.8, 4) is 0 Å². The predicted molar refractivity (Wildman–Crippen MR) is 146 cm³/mol. The first kappa shape index (κ1) is 27.1. The molecule has 7 nitrogen and oxygen atoms in total. The summed E-state index contributed by atoms with van der Waals surface area (Å²) in [5.41, 5.74) is 1.17. The van der Waals surface area contributed by atoms with Crippen LogP contribution in [-0.2, 0) is 6.54 Å². The summed E-state index contributed by atoms with van der Waals surface area (Å²) in [5, 5.41) is 7.03. The minimum absolute atomic E-state index is 0. The number of nitrogens with one attached hydrogen (secondary N) is 2. The number of guanidine groups is 1. The van der Waals surface area contributed by atoms with Crippen LogP contribution in [0, 0.1) is 5.92 Å². The Morgan fingerprint density at radius 1 is 1.00 bits per heavy atom. The number of hydrogen-bond donors (Lipinski definition) is 2. The topological polar surface area (TPSA) is 59.0 Å². The SMILES string of the molecule is CN=C(NCc1ccc(N2CCN(C)CC2)nc1)NCC(C(C)C)N1CCCCCC1.I. The highest BCUT2D eigenvalue weighted by Gasteiger charge is 2.23. The first-order valence-corrected chi connectivity index (χ1v) is 12.1. The minimum atomic E-state index is 0. The van der Waals surface area contributed by atoms with E-state index >= 15 is 0 Å². The van der Waals surface area contributed by atoms with Crippen molar-refractivity contribution < 1.29 is 0 Å². The number of nitrogens with zero attached hydrogens (tertiary/aromatic N) is 5. The fourth-order valence-corrected chi connectivity index (χ4v) is 4.56. The van der Waals surface area contributed by atoms with E-state index in [1.165, 1.54) is 44.3 Å². The number of aliphatic imine (C=N–C) groups is 1. The molecule has 1 unspecified atom stereocenters. The molecule has 32 heavy (non-hydrogen) atoms. The van der Waals surface area contributed by atoms with Gasteiger partial charge in [-0.3, -0.25) is 9.89 Å². The Morgan fingerprint density at radius 2 is 1.69 bits per heavy atom. The normalized spacial score (nSPS) is 19.9. The van der Waals surface area contributed by atoms with Crippen LogP contribution in [0.2, 0.25) is 0 Å². The Balaban J connectivity index is 0.00000363. The van der Waals surface area contributed by atoms with Crippen molar-refractivity contribution in [1.82, 2.24) is 25.4 Å². The molecular weight excluding hydrogens is 513 g/mol. The van der Waals surface area contributed by atoms with Gasteiger partial charge in [0.25, 0.3) is 0 Å². The summed E-state index contributed by atoms with van der Waals surface area (Å²) in [6.07, 6.45) is 7.39. The van der Waals surface area contributed by atoms with Gasteiger partial charge < -0.3 is 20.4 Å². The third kappa shape index (κ3) is 8.33. The molecular formula is C24H44IN7. The van der Waals surface area contributed by atoms with Gasteiger partial charge in [-0.05, 0) is 50.5 Å². The molecule has 0 amide bonds. The Hall–Kier alpha value is -1.13. The Bertz CT molecular complexity index is 663. The van der Waals surface area contributed by atoms with E-state index in [4.69, 9.17) is 4.98 Å². The quantitative estimate of drug-likeness (QED) is 0.306. The summed E-state index contributed by atoms with van der Waals surface area (Å²) >= 11 is 0. The number of likely N-dealkylation sites (tertiary alicyclic amines) is 1. The smallest absolute Gasteiger partial charge is 0.191 e. The lowest BCUT2D eigenvalue weighted by Gasteiger charge is -2.34. The average molecular weight is 558 g/mol. The molecule has 8 heteroatoms. The van der Waals surface area contributed by atoms with Crippen LogP contribution < -0.4 is 15.5 Å². The second-order valence-electron chi connectivity index (χ2n) is 9.38. The molecule has 2 N–H and O–H groups in total. The zero-order chi connectivity index (χ0) is 22.1. The lowest BCUT2D eigenvalue weighted by Crippen LogP contribution is -2.49. The number of anilines is 1. The van der Waals surface area contributed by atoms with E-state index in [1.807, 2.05) is 13.2 Å². The second kappa shape index (κ2) is 14.2. The van der Waals surface area contributed by atoms with Gasteiger partial charge in [0.15, 0.2) is 5.96 Å². The first-order valence-electron chi connectivity index (χ1n) is 12.1. The summed E-state index contributed by atoms with van der Waals surface area (Å²) in [7, 11) is 4.03. The van der Waals surface area contributed by atoms with Crippen molar-refractivity contribution in [3.63, 3.8) is 0 Å². The van der Waals surface area contributed by atoms with Crippen LogP contribution in [0.5, 0.6) is 0 Å².